The fourth-order valence-electron chi connectivity index (χ4n) is 2.61. The van der Waals surface area contributed by atoms with Crippen molar-refractivity contribution in [3.05, 3.63) is 65.5 Å². The average Bonchev–Trinajstić information content (AvgIpc) is 3.03. The lowest BCUT2D eigenvalue weighted by Gasteiger charge is -2.18. The van der Waals surface area contributed by atoms with Crippen molar-refractivity contribution < 1.29 is 13.5 Å². The van der Waals surface area contributed by atoms with Crippen molar-refractivity contribution in [2.75, 3.05) is 0 Å². The largest absolute Gasteiger partial charge is 0.386 e. The molecular formula is C19H19NO3S2. The van der Waals surface area contributed by atoms with Crippen molar-refractivity contribution in [1.82, 2.24) is 0 Å². The number of rotatable bonds is 4. The van der Waals surface area contributed by atoms with E-state index in [9.17, 15) is 13.5 Å². The highest BCUT2D eigenvalue weighted by atomic mass is 32.2. The van der Waals surface area contributed by atoms with Crippen molar-refractivity contribution in [3.8, 4) is 21.6 Å². The first-order valence-electron chi connectivity index (χ1n) is 7.70. The Morgan fingerprint density at radius 3 is 2.00 bits per heavy atom. The maximum absolute atomic E-state index is 11.4. The highest BCUT2D eigenvalue weighted by molar-refractivity contribution is 7.89. The van der Waals surface area contributed by atoms with Crippen molar-refractivity contribution in [3.63, 3.8) is 0 Å². The van der Waals surface area contributed by atoms with Crippen LogP contribution >= 0.6 is 11.3 Å². The summed E-state index contributed by atoms with van der Waals surface area (Å²) in [5, 5.41) is 17.2. The maximum atomic E-state index is 11.4. The molecule has 0 fully saturated rings. The molecule has 0 saturated heterocycles. The van der Waals surface area contributed by atoms with Gasteiger partial charge in [-0.2, -0.15) is 0 Å². The van der Waals surface area contributed by atoms with E-state index in [0.717, 1.165) is 27.1 Å². The lowest BCUT2D eigenvalue weighted by molar-refractivity contribution is 0.0786. The highest BCUT2D eigenvalue weighted by Crippen LogP contribution is 2.37. The molecule has 25 heavy (non-hydrogen) atoms. The zero-order valence-electron chi connectivity index (χ0n) is 13.9. The van der Waals surface area contributed by atoms with Gasteiger partial charge in [0.25, 0.3) is 0 Å². The summed E-state index contributed by atoms with van der Waals surface area (Å²) in [6.45, 7) is 3.51. The molecule has 0 aliphatic carbocycles. The van der Waals surface area contributed by atoms with Gasteiger partial charge in [0, 0.05) is 10.4 Å². The lowest BCUT2D eigenvalue weighted by Crippen LogP contribution is -2.14. The normalized spacial score (nSPS) is 12.3. The van der Waals surface area contributed by atoms with Crippen LogP contribution in [0.15, 0.2) is 64.9 Å². The third kappa shape index (κ3) is 3.82. The minimum absolute atomic E-state index is 0.101. The summed E-state index contributed by atoms with van der Waals surface area (Å²) in [5.74, 6) is 0. The monoisotopic (exact) mass is 373 g/mol. The predicted octanol–water partition coefficient (Wildman–Crippen LogP) is 3.96. The topological polar surface area (TPSA) is 80.4 Å². The van der Waals surface area contributed by atoms with E-state index in [0.29, 0.717) is 0 Å². The Hall–Kier alpha value is -1.99. The van der Waals surface area contributed by atoms with E-state index in [1.807, 2.05) is 35.7 Å². The zero-order chi connectivity index (χ0) is 18.2. The number of thiophene rings is 1. The summed E-state index contributed by atoms with van der Waals surface area (Å²) in [5.41, 5.74) is 3.02. The summed E-state index contributed by atoms with van der Waals surface area (Å²) in [7, 11) is -3.69. The van der Waals surface area contributed by atoms with E-state index >= 15 is 0 Å². The third-order valence-corrected chi connectivity index (χ3v) is 5.91. The van der Waals surface area contributed by atoms with E-state index in [1.54, 1.807) is 37.3 Å². The van der Waals surface area contributed by atoms with E-state index in [2.05, 4.69) is 0 Å². The van der Waals surface area contributed by atoms with Crippen LogP contribution in [-0.2, 0) is 15.6 Å². The van der Waals surface area contributed by atoms with Crippen LogP contribution in [0.1, 0.15) is 19.4 Å². The number of benzene rings is 2. The number of hydrogen-bond acceptors (Lipinski definition) is 4. The molecule has 0 saturated carbocycles. The van der Waals surface area contributed by atoms with E-state index in [-0.39, 0.29) is 4.90 Å². The van der Waals surface area contributed by atoms with Crippen LogP contribution in [0.4, 0.5) is 0 Å². The molecule has 0 spiro atoms. The van der Waals surface area contributed by atoms with Gasteiger partial charge >= 0.3 is 0 Å². The molecule has 0 aliphatic heterocycles. The molecule has 3 N–H and O–H groups in total. The van der Waals surface area contributed by atoms with E-state index in [4.69, 9.17) is 5.14 Å². The van der Waals surface area contributed by atoms with Crippen LogP contribution in [0.3, 0.4) is 0 Å². The number of sulfonamides is 1. The number of primary sulfonamides is 1. The van der Waals surface area contributed by atoms with Gasteiger partial charge in [-0.15, -0.1) is 11.3 Å². The molecule has 3 aromatic rings. The number of nitrogens with two attached hydrogens (primary N) is 1. The molecule has 2 aromatic carbocycles. The molecule has 0 unspecified atom stereocenters. The number of aliphatic hydroxyl groups is 1. The Labute approximate surface area is 151 Å². The number of hydrogen-bond donors (Lipinski definition) is 2. The lowest BCUT2D eigenvalue weighted by atomic mass is 9.95. The molecule has 3 rings (SSSR count). The first-order valence-corrected chi connectivity index (χ1v) is 10.1. The third-order valence-electron chi connectivity index (χ3n) is 4.01. The smallest absolute Gasteiger partial charge is 0.238 e. The molecule has 130 valence electrons. The van der Waals surface area contributed by atoms with Crippen LogP contribution < -0.4 is 5.14 Å². The van der Waals surface area contributed by atoms with E-state index < -0.39 is 15.6 Å². The molecule has 1 heterocycles. The van der Waals surface area contributed by atoms with Crippen LogP contribution in [0.5, 0.6) is 0 Å². The average molecular weight is 373 g/mol. The molecular weight excluding hydrogens is 354 g/mol. The van der Waals surface area contributed by atoms with Gasteiger partial charge in [-0.1, -0.05) is 36.4 Å². The van der Waals surface area contributed by atoms with Gasteiger partial charge in [-0.25, -0.2) is 13.6 Å². The second kappa shape index (κ2) is 6.38. The first kappa shape index (κ1) is 17.8. The van der Waals surface area contributed by atoms with Gasteiger partial charge in [0.2, 0.25) is 10.0 Å². The van der Waals surface area contributed by atoms with Gasteiger partial charge in [-0.05, 0) is 54.1 Å². The van der Waals surface area contributed by atoms with Gasteiger partial charge in [0.1, 0.15) is 0 Å². The van der Waals surface area contributed by atoms with Crippen molar-refractivity contribution in [2.24, 2.45) is 5.14 Å². The molecule has 0 radical (unpaired) electrons. The molecule has 0 amide bonds. The molecule has 0 aliphatic rings. The summed E-state index contributed by atoms with van der Waals surface area (Å²) in [6.07, 6.45) is 0. The minimum Gasteiger partial charge on any atom is -0.386 e. The summed E-state index contributed by atoms with van der Waals surface area (Å²) in [4.78, 5) is 1.15. The Bertz CT molecular complexity index is 980. The molecule has 6 heteroatoms. The van der Waals surface area contributed by atoms with Gasteiger partial charge in [0.15, 0.2) is 0 Å². The Balaban J connectivity index is 1.98. The van der Waals surface area contributed by atoms with Crippen LogP contribution in [-0.4, -0.2) is 13.5 Å². The minimum atomic E-state index is -3.69. The van der Waals surface area contributed by atoms with Crippen molar-refractivity contribution in [1.29, 1.82) is 0 Å². The van der Waals surface area contributed by atoms with Crippen LogP contribution in [0.2, 0.25) is 0 Å². The second-order valence-corrected chi connectivity index (χ2v) is 8.85. The van der Waals surface area contributed by atoms with Crippen molar-refractivity contribution in [2.45, 2.75) is 24.3 Å². The van der Waals surface area contributed by atoms with Gasteiger partial charge in [-0.3, -0.25) is 0 Å². The van der Waals surface area contributed by atoms with Crippen molar-refractivity contribution >= 4 is 21.4 Å². The van der Waals surface area contributed by atoms with Crippen LogP contribution in [0.25, 0.3) is 21.6 Å². The summed E-state index contributed by atoms with van der Waals surface area (Å²) < 4.78 is 22.8. The van der Waals surface area contributed by atoms with E-state index in [1.165, 1.54) is 12.1 Å². The fourth-order valence-corrected chi connectivity index (χ4v) is 4.05. The zero-order valence-corrected chi connectivity index (χ0v) is 15.6. The molecule has 0 bridgehead atoms. The second-order valence-electron chi connectivity index (χ2n) is 6.37. The molecule has 0 atom stereocenters. The van der Waals surface area contributed by atoms with Gasteiger partial charge in [0.05, 0.1) is 10.5 Å². The first-order chi connectivity index (χ1) is 11.7. The summed E-state index contributed by atoms with van der Waals surface area (Å²) >= 11 is 1.59. The Morgan fingerprint density at radius 1 is 0.920 bits per heavy atom. The van der Waals surface area contributed by atoms with Gasteiger partial charge < -0.3 is 5.11 Å². The maximum Gasteiger partial charge on any atom is 0.238 e. The SMILES string of the molecule is CC(C)(O)c1ccc(-c2ccsc2-c2ccc(S(N)(=O)=O)cc2)cc1. The Kier molecular flexibility index (Phi) is 4.55. The Morgan fingerprint density at radius 2 is 1.48 bits per heavy atom. The highest BCUT2D eigenvalue weighted by Gasteiger charge is 2.16. The predicted molar refractivity (Wildman–Crippen MR) is 102 cm³/mol. The standard InChI is InChI=1S/C19H19NO3S2/c1-19(2,21)15-7-3-13(4-8-15)17-11-12-24-18(17)14-5-9-16(10-6-14)25(20,22)23/h3-12,21H,1-2H3,(H2,20,22,23). The molecule has 1 aromatic heterocycles. The quantitative estimate of drug-likeness (QED) is 0.726. The van der Waals surface area contributed by atoms with Crippen LogP contribution in [0, 0.1) is 0 Å². The fraction of sp³-hybridized carbons (Fsp3) is 0.158. The summed E-state index contributed by atoms with van der Waals surface area (Å²) in [6, 6.07) is 16.4. The molecule has 4 nitrogen and oxygen atoms in total.